The molecule has 25 heavy (non-hydrogen) atoms. The zero-order valence-electron chi connectivity index (χ0n) is 13.2. The first-order valence-corrected chi connectivity index (χ1v) is 9.86. The van der Waals surface area contributed by atoms with Crippen LogP contribution in [0.1, 0.15) is 21.5 Å². The molecule has 122 valence electrons. The van der Waals surface area contributed by atoms with E-state index in [9.17, 15) is 0 Å². The van der Waals surface area contributed by atoms with Crippen molar-refractivity contribution in [2.45, 2.75) is 14.7 Å². The second-order valence-corrected chi connectivity index (χ2v) is 8.24. The van der Waals surface area contributed by atoms with Crippen LogP contribution in [0.25, 0.3) is 0 Å². The van der Waals surface area contributed by atoms with Gasteiger partial charge >= 0.3 is 0 Å². The van der Waals surface area contributed by atoms with E-state index in [-0.39, 0.29) is 4.83 Å². The topological polar surface area (TPSA) is 21.6 Å². The van der Waals surface area contributed by atoms with Gasteiger partial charge in [0.1, 0.15) is 0 Å². The Kier molecular flexibility index (Phi) is 3.50. The summed E-state index contributed by atoms with van der Waals surface area (Å²) >= 11 is 5.68. The van der Waals surface area contributed by atoms with Gasteiger partial charge < -0.3 is 4.74 Å². The highest BCUT2D eigenvalue weighted by Crippen LogP contribution is 2.64. The lowest BCUT2D eigenvalue weighted by molar-refractivity contribution is 0.152. The molecule has 3 aromatic rings. The third-order valence-corrected chi connectivity index (χ3v) is 7.43. The first-order chi connectivity index (χ1) is 12.3. The molecular formula is C21H14BrNOS. The average Bonchev–Trinajstić information content (AvgIpc) is 2.95. The molecule has 1 spiro atoms. The lowest BCUT2D eigenvalue weighted by atomic mass is 9.98. The Morgan fingerprint density at radius 1 is 0.880 bits per heavy atom. The number of aliphatic imine (C=N–C) groups is 1. The van der Waals surface area contributed by atoms with Crippen molar-refractivity contribution in [1.82, 2.24) is 0 Å². The van der Waals surface area contributed by atoms with Gasteiger partial charge in [-0.05, 0) is 29.8 Å². The average molecular weight is 408 g/mol. The molecule has 0 saturated heterocycles. The summed E-state index contributed by atoms with van der Waals surface area (Å²) in [5.74, 6) is 0.670. The van der Waals surface area contributed by atoms with Crippen molar-refractivity contribution in [2.75, 3.05) is 0 Å². The SMILES string of the molecule is Br[C@H]1c2ccccc2S[C@@]12OC(c1ccccc1)=Nc1ccccc12. The largest absolute Gasteiger partial charge is 0.453 e. The molecule has 0 bridgehead atoms. The molecule has 2 nitrogen and oxygen atoms in total. The quantitative estimate of drug-likeness (QED) is 0.448. The molecule has 0 radical (unpaired) electrons. The minimum Gasteiger partial charge on any atom is -0.453 e. The molecule has 2 atom stereocenters. The van der Waals surface area contributed by atoms with E-state index in [0.717, 1.165) is 16.8 Å². The lowest BCUT2D eigenvalue weighted by Crippen LogP contribution is -2.33. The van der Waals surface area contributed by atoms with Gasteiger partial charge in [-0.3, -0.25) is 0 Å². The summed E-state index contributed by atoms with van der Waals surface area (Å²) in [6.07, 6.45) is 0. The van der Waals surface area contributed by atoms with Gasteiger partial charge in [0.05, 0.1) is 10.5 Å². The monoisotopic (exact) mass is 407 g/mol. The molecule has 3 aromatic carbocycles. The molecule has 0 amide bonds. The summed E-state index contributed by atoms with van der Waals surface area (Å²) in [6.45, 7) is 0. The highest BCUT2D eigenvalue weighted by molar-refractivity contribution is 9.09. The molecule has 2 aliphatic rings. The number of nitrogens with zero attached hydrogens (tertiary/aromatic N) is 1. The van der Waals surface area contributed by atoms with E-state index in [1.807, 2.05) is 36.4 Å². The number of hydrogen-bond acceptors (Lipinski definition) is 3. The Labute approximate surface area is 159 Å². The summed E-state index contributed by atoms with van der Waals surface area (Å²) < 4.78 is 6.61. The van der Waals surface area contributed by atoms with Crippen molar-refractivity contribution < 1.29 is 4.74 Å². The fourth-order valence-corrected chi connectivity index (χ4v) is 5.95. The van der Waals surface area contributed by atoms with E-state index in [1.165, 1.54) is 10.5 Å². The van der Waals surface area contributed by atoms with Crippen LogP contribution >= 0.6 is 27.7 Å². The first-order valence-electron chi connectivity index (χ1n) is 8.12. The zero-order chi connectivity index (χ0) is 16.9. The number of hydrogen-bond donors (Lipinski definition) is 0. The Hall–Kier alpha value is -2.04. The van der Waals surface area contributed by atoms with Crippen LogP contribution in [0.4, 0.5) is 5.69 Å². The normalized spacial score (nSPS) is 23.6. The summed E-state index contributed by atoms with van der Waals surface area (Å²) in [6, 6.07) is 26.8. The molecule has 2 aliphatic heterocycles. The second-order valence-electron chi connectivity index (χ2n) is 6.07. The van der Waals surface area contributed by atoms with Crippen LogP contribution in [0.2, 0.25) is 0 Å². The molecule has 4 heteroatoms. The van der Waals surface area contributed by atoms with Crippen LogP contribution in [0.3, 0.4) is 0 Å². The third-order valence-electron chi connectivity index (χ3n) is 4.56. The van der Waals surface area contributed by atoms with Crippen molar-refractivity contribution >= 4 is 39.3 Å². The van der Waals surface area contributed by atoms with Gasteiger partial charge in [0.2, 0.25) is 10.8 Å². The smallest absolute Gasteiger partial charge is 0.223 e. The maximum atomic E-state index is 6.61. The Morgan fingerprint density at radius 3 is 2.44 bits per heavy atom. The fraction of sp³-hybridized carbons (Fsp3) is 0.0952. The molecule has 0 saturated carbocycles. The molecule has 0 fully saturated rings. The predicted octanol–water partition coefficient (Wildman–Crippen LogP) is 6.19. The van der Waals surface area contributed by atoms with Crippen molar-refractivity contribution in [3.63, 3.8) is 0 Å². The molecule has 2 heterocycles. The van der Waals surface area contributed by atoms with Crippen LogP contribution in [0.15, 0.2) is 88.8 Å². The minimum absolute atomic E-state index is 0.0524. The number of benzene rings is 3. The van der Waals surface area contributed by atoms with Gasteiger partial charge in [-0.25, -0.2) is 4.99 Å². The summed E-state index contributed by atoms with van der Waals surface area (Å²) in [5, 5.41) is 0. The highest BCUT2D eigenvalue weighted by Gasteiger charge is 2.53. The maximum absolute atomic E-state index is 6.61. The van der Waals surface area contributed by atoms with Crippen LogP contribution in [0, 0.1) is 0 Å². The van der Waals surface area contributed by atoms with E-state index in [4.69, 9.17) is 9.73 Å². The van der Waals surface area contributed by atoms with Gasteiger partial charge in [-0.1, -0.05) is 82.3 Å². The van der Waals surface area contributed by atoms with Gasteiger partial charge in [-0.2, -0.15) is 0 Å². The van der Waals surface area contributed by atoms with E-state index in [2.05, 4.69) is 58.4 Å². The number of alkyl halides is 1. The van der Waals surface area contributed by atoms with Gasteiger partial charge in [-0.15, -0.1) is 0 Å². The van der Waals surface area contributed by atoms with Crippen molar-refractivity contribution in [3.8, 4) is 0 Å². The lowest BCUT2D eigenvalue weighted by Gasteiger charge is -2.37. The van der Waals surface area contributed by atoms with Crippen molar-refractivity contribution in [2.24, 2.45) is 4.99 Å². The molecular weight excluding hydrogens is 394 g/mol. The predicted molar refractivity (Wildman–Crippen MR) is 106 cm³/mol. The molecule has 5 rings (SSSR count). The molecule has 0 aromatic heterocycles. The van der Waals surface area contributed by atoms with E-state index < -0.39 is 4.93 Å². The minimum atomic E-state index is -0.548. The van der Waals surface area contributed by atoms with Crippen molar-refractivity contribution in [1.29, 1.82) is 0 Å². The maximum Gasteiger partial charge on any atom is 0.223 e. The number of para-hydroxylation sites is 1. The van der Waals surface area contributed by atoms with E-state index in [1.54, 1.807) is 11.8 Å². The molecule has 0 aliphatic carbocycles. The number of fused-ring (bicyclic) bond motifs is 3. The summed E-state index contributed by atoms with van der Waals surface area (Å²) in [4.78, 5) is 5.54. The first kappa shape index (κ1) is 15.2. The number of ether oxygens (including phenoxy) is 1. The van der Waals surface area contributed by atoms with Crippen LogP contribution in [-0.4, -0.2) is 5.90 Å². The van der Waals surface area contributed by atoms with Crippen LogP contribution < -0.4 is 0 Å². The standard InChI is InChI=1S/C21H14BrNOS/c22-19-15-10-4-7-13-18(15)25-21(19)16-11-5-6-12-17(16)23-20(24-21)14-8-2-1-3-9-14/h1-13,19H/t19-,21+/m0/s1. The Balaban J connectivity index is 1.71. The van der Waals surface area contributed by atoms with Crippen LogP contribution in [-0.2, 0) is 9.67 Å². The zero-order valence-corrected chi connectivity index (χ0v) is 15.6. The summed E-state index contributed by atoms with van der Waals surface area (Å²) in [5.41, 5.74) is 4.33. The highest BCUT2D eigenvalue weighted by atomic mass is 79.9. The van der Waals surface area contributed by atoms with Gasteiger partial charge in [0.25, 0.3) is 0 Å². The Bertz CT molecular complexity index is 988. The number of rotatable bonds is 1. The third kappa shape index (κ3) is 2.28. The van der Waals surface area contributed by atoms with Gasteiger partial charge in [0, 0.05) is 16.0 Å². The number of halogens is 1. The number of thioether (sulfide) groups is 1. The molecule has 0 N–H and O–H groups in total. The van der Waals surface area contributed by atoms with Crippen LogP contribution in [0.5, 0.6) is 0 Å². The summed E-state index contributed by atoms with van der Waals surface area (Å²) in [7, 11) is 0. The van der Waals surface area contributed by atoms with E-state index >= 15 is 0 Å². The van der Waals surface area contributed by atoms with Crippen molar-refractivity contribution in [3.05, 3.63) is 95.6 Å². The van der Waals surface area contributed by atoms with Gasteiger partial charge in [0.15, 0.2) is 0 Å². The Morgan fingerprint density at radius 2 is 1.60 bits per heavy atom. The fourth-order valence-electron chi connectivity index (χ4n) is 3.37. The van der Waals surface area contributed by atoms with E-state index in [0.29, 0.717) is 5.90 Å². The molecule has 0 unspecified atom stereocenters. The second kappa shape index (κ2) is 5.75.